The van der Waals surface area contributed by atoms with E-state index in [2.05, 4.69) is 25.8 Å². The summed E-state index contributed by atoms with van der Waals surface area (Å²) >= 11 is 0. The molecule has 7 heteroatoms. The molecule has 1 amide bonds. The van der Waals surface area contributed by atoms with E-state index in [1.54, 1.807) is 12.3 Å². The molecule has 1 unspecified atom stereocenters. The third kappa shape index (κ3) is 2.67. The van der Waals surface area contributed by atoms with Crippen LogP contribution < -0.4 is 10.6 Å². The summed E-state index contributed by atoms with van der Waals surface area (Å²) in [5.74, 6) is 0.104. The largest absolute Gasteiger partial charge is 0.337 e. The molecule has 2 aromatic heterocycles. The van der Waals surface area contributed by atoms with Crippen molar-refractivity contribution in [2.24, 2.45) is 0 Å². The van der Waals surface area contributed by atoms with E-state index in [0.717, 1.165) is 25.1 Å². The standard InChI is InChI=1S/C13H15N5O2/c1-8-4-5-9(7-15-8)16-12(19)11-17-13(20-18-11)10-3-2-6-14-10/h4-5,7,10,14H,2-3,6H2,1H3,(H,16,19). The van der Waals surface area contributed by atoms with Gasteiger partial charge in [0.15, 0.2) is 0 Å². The van der Waals surface area contributed by atoms with Gasteiger partial charge in [0, 0.05) is 5.69 Å². The van der Waals surface area contributed by atoms with E-state index in [1.165, 1.54) is 0 Å². The van der Waals surface area contributed by atoms with Gasteiger partial charge in [-0.2, -0.15) is 4.98 Å². The molecule has 1 aliphatic rings. The number of nitrogens with one attached hydrogen (secondary N) is 2. The summed E-state index contributed by atoms with van der Waals surface area (Å²) in [4.78, 5) is 20.2. The van der Waals surface area contributed by atoms with Gasteiger partial charge in [-0.1, -0.05) is 5.16 Å². The Kier molecular flexibility index (Phi) is 3.42. The van der Waals surface area contributed by atoms with Crippen LogP contribution in [0.1, 0.15) is 41.1 Å². The topological polar surface area (TPSA) is 92.9 Å². The summed E-state index contributed by atoms with van der Waals surface area (Å²) < 4.78 is 5.13. The van der Waals surface area contributed by atoms with Crippen LogP contribution in [0.3, 0.4) is 0 Å². The van der Waals surface area contributed by atoms with E-state index >= 15 is 0 Å². The number of aromatic nitrogens is 3. The zero-order valence-corrected chi connectivity index (χ0v) is 11.1. The van der Waals surface area contributed by atoms with Crippen LogP contribution in [0.25, 0.3) is 0 Å². The highest BCUT2D eigenvalue weighted by atomic mass is 16.5. The van der Waals surface area contributed by atoms with Crippen molar-refractivity contribution in [2.75, 3.05) is 11.9 Å². The SMILES string of the molecule is Cc1ccc(NC(=O)c2noc(C3CCCN3)n2)cn1. The molecule has 0 bridgehead atoms. The number of aryl methyl sites for hydroxylation is 1. The first kappa shape index (κ1) is 12.7. The van der Waals surface area contributed by atoms with Crippen molar-refractivity contribution in [2.45, 2.75) is 25.8 Å². The Balaban J connectivity index is 1.69. The van der Waals surface area contributed by atoms with Gasteiger partial charge >= 0.3 is 0 Å². The Bertz CT molecular complexity index is 601. The monoisotopic (exact) mass is 273 g/mol. The number of rotatable bonds is 3. The minimum Gasteiger partial charge on any atom is -0.337 e. The summed E-state index contributed by atoms with van der Waals surface area (Å²) in [5.41, 5.74) is 1.49. The molecular weight excluding hydrogens is 258 g/mol. The van der Waals surface area contributed by atoms with Gasteiger partial charge in [-0.15, -0.1) is 0 Å². The summed E-state index contributed by atoms with van der Waals surface area (Å²) in [5, 5.41) is 9.64. The molecule has 2 N–H and O–H groups in total. The second-order valence-corrected chi connectivity index (χ2v) is 4.75. The molecule has 3 heterocycles. The van der Waals surface area contributed by atoms with Gasteiger partial charge in [0.05, 0.1) is 17.9 Å². The van der Waals surface area contributed by atoms with Crippen molar-refractivity contribution in [3.63, 3.8) is 0 Å². The van der Waals surface area contributed by atoms with Crippen LogP contribution in [0, 0.1) is 6.92 Å². The van der Waals surface area contributed by atoms with Crippen LogP contribution in [0.2, 0.25) is 0 Å². The molecule has 1 atom stereocenters. The maximum absolute atomic E-state index is 12.0. The first-order chi connectivity index (χ1) is 9.72. The van der Waals surface area contributed by atoms with Crippen LogP contribution in [0.15, 0.2) is 22.9 Å². The third-order valence-corrected chi connectivity index (χ3v) is 3.17. The average molecular weight is 273 g/mol. The molecule has 1 aliphatic heterocycles. The first-order valence-electron chi connectivity index (χ1n) is 6.53. The van der Waals surface area contributed by atoms with Crippen molar-refractivity contribution in [3.8, 4) is 0 Å². The number of amides is 1. The highest BCUT2D eigenvalue weighted by Gasteiger charge is 2.24. The number of hydrogen-bond donors (Lipinski definition) is 2. The Morgan fingerprint density at radius 2 is 2.40 bits per heavy atom. The van der Waals surface area contributed by atoms with E-state index in [9.17, 15) is 4.79 Å². The van der Waals surface area contributed by atoms with Gasteiger partial charge in [-0.25, -0.2) is 0 Å². The van der Waals surface area contributed by atoms with E-state index < -0.39 is 5.91 Å². The number of nitrogens with zero attached hydrogens (tertiary/aromatic N) is 3. The Morgan fingerprint density at radius 1 is 1.50 bits per heavy atom. The normalized spacial score (nSPS) is 18.1. The predicted octanol–water partition coefficient (Wildman–Crippen LogP) is 1.45. The van der Waals surface area contributed by atoms with Crippen molar-refractivity contribution < 1.29 is 9.32 Å². The number of anilines is 1. The Hall–Kier alpha value is -2.28. The molecule has 0 spiro atoms. The molecule has 1 fully saturated rings. The molecule has 20 heavy (non-hydrogen) atoms. The lowest BCUT2D eigenvalue weighted by Crippen LogP contribution is -2.15. The minimum atomic E-state index is -0.399. The Morgan fingerprint density at radius 3 is 3.10 bits per heavy atom. The number of carbonyl (C=O) groups excluding carboxylic acids is 1. The number of hydrogen-bond acceptors (Lipinski definition) is 6. The van der Waals surface area contributed by atoms with Crippen LogP contribution in [0.5, 0.6) is 0 Å². The molecule has 1 saturated heterocycles. The number of carbonyl (C=O) groups is 1. The van der Waals surface area contributed by atoms with Crippen molar-refractivity contribution in [3.05, 3.63) is 35.7 Å². The Labute approximate surface area is 115 Å². The summed E-state index contributed by atoms with van der Waals surface area (Å²) in [6.07, 6.45) is 3.61. The fraction of sp³-hybridized carbons (Fsp3) is 0.385. The van der Waals surface area contributed by atoms with Crippen molar-refractivity contribution >= 4 is 11.6 Å². The van der Waals surface area contributed by atoms with Gasteiger partial charge in [0.2, 0.25) is 5.89 Å². The molecule has 7 nitrogen and oxygen atoms in total. The fourth-order valence-electron chi connectivity index (χ4n) is 2.09. The first-order valence-corrected chi connectivity index (χ1v) is 6.53. The van der Waals surface area contributed by atoms with E-state index in [0.29, 0.717) is 11.6 Å². The highest BCUT2D eigenvalue weighted by molar-refractivity contribution is 6.01. The van der Waals surface area contributed by atoms with Crippen molar-refractivity contribution in [1.29, 1.82) is 0 Å². The van der Waals surface area contributed by atoms with Gasteiger partial charge < -0.3 is 15.2 Å². The molecule has 104 valence electrons. The summed E-state index contributed by atoms with van der Waals surface area (Å²) in [6.45, 7) is 2.81. The molecule has 2 aromatic rings. The maximum Gasteiger partial charge on any atom is 0.297 e. The highest BCUT2D eigenvalue weighted by Crippen LogP contribution is 2.21. The fourth-order valence-corrected chi connectivity index (χ4v) is 2.09. The summed E-state index contributed by atoms with van der Waals surface area (Å²) in [6, 6.07) is 3.66. The van der Waals surface area contributed by atoms with Gasteiger partial charge in [-0.05, 0) is 38.4 Å². The van der Waals surface area contributed by atoms with E-state index in [1.807, 2.05) is 13.0 Å². The van der Waals surface area contributed by atoms with E-state index in [-0.39, 0.29) is 11.9 Å². The lowest BCUT2D eigenvalue weighted by atomic mass is 10.2. The average Bonchev–Trinajstić information content (AvgIpc) is 3.11. The van der Waals surface area contributed by atoms with Crippen LogP contribution in [-0.2, 0) is 0 Å². The zero-order chi connectivity index (χ0) is 13.9. The van der Waals surface area contributed by atoms with Gasteiger partial charge in [-0.3, -0.25) is 9.78 Å². The molecule has 0 saturated carbocycles. The van der Waals surface area contributed by atoms with E-state index in [4.69, 9.17) is 4.52 Å². The predicted molar refractivity (Wildman–Crippen MR) is 71.2 cm³/mol. The maximum atomic E-state index is 12.0. The molecule has 0 aromatic carbocycles. The van der Waals surface area contributed by atoms with Crippen LogP contribution in [-0.4, -0.2) is 27.6 Å². The summed E-state index contributed by atoms with van der Waals surface area (Å²) in [7, 11) is 0. The molecule has 3 rings (SSSR count). The zero-order valence-electron chi connectivity index (χ0n) is 11.1. The molecule has 0 aliphatic carbocycles. The van der Waals surface area contributed by atoms with Crippen LogP contribution in [0.4, 0.5) is 5.69 Å². The van der Waals surface area contributed by atoms with Gasteiger partial charge in [0.1, 0.15) is 0 Å². The van der Waals surface area contributed by atoms with Crippen molar-refractivity contribution in [1.82, 2.24) is 20.4 Å². The molecule has 0 radical (unpaired) electrons. The third-order valence-electron chi connectivity index (χ3n) is 3.17. The van der Waals surface area contributed by atoms with Gasteiger partial charge in [0.25, 0.3) is 11.7 Å². The molecular formula is C13H15N5O2. The lowest BCUT2D eigenvalue weighted by molar-refractivity contribution is 0.101. The number of pyridine rings is 1. The second kappa shape index (κ2) is 5.38. The smallest absolute Gasteiger partial charge is 0.297 e. The lowest BCUT2D eigenvalue weighted by Gasteiger charge is -2.02. The quantitative estimate of drug-likeness (QED) is 0.879. The second-order valence-electron chi connectivity index (χ2n) is 4.75. The minimum absolute atomic E-state index is 0.0364. The van der Waals surface area contributed by atoms with Crippen LogP contribution >= 0.6 is 0 Å².